The number of carbonyl (C=O) groups excluding carboxylic acids is 1. The van der Waals surface area contributed by atoms with Gasteiger partial charge in [-0.05, 0) is 99.9 Å². The van der Waals surface area contributed by atoms with Crippen LogP contribution in [0.15, 0.2) is 30.3 Å². The molecule has 1 N–H and O–H groups in total. The molecule has 0 radical (unpaired) electrons. The smallest absolute Gasteiger partial charge is 0.389 e. The highest BCUT2D eigenvalue weighted by atomic mass is 16.6. The van der Waals surface area contributed by atoms with Crippen molar-refractivity contribution in [2.75, 3.05) is 0 Å². The first-order chi connectivity index (χ1) is 16.1. The molecule has 33 heavy (non-hydrogen) atoms. The predicted molar refractivity (Wildman–Crippen MR) is 128 cm³/mol. The Labute approximate surface area is 197 Å². The third kappa shape index (κ3) is 4.08. The van der Waals surface area contributed by atoms with Crippen LogP contribution in [0.5, 0.6) is 5.88 Å². The highest BCUT2D eigenvalue weighted by Crippen LogP contribution is 2.61. The number of ether oxygens (including phenoxy) is 1. The lowest BCUT2D eigenvalue weighted by Crippen LogP contribution is -2.56. The van der Waals surface area contributed by atoms with Gasteiger partial charge in [-0.3, -0.25) is 4.68 Å². The fourth-order valence-electron chi connectivity index (χ4n) is 7.94. The Morgan fingerprint density at radius 3 is 2.42 bits per heavy atom. The fourth-order valence-corrected chi connectivity index (χ4v) is 7.94. The molecule has 0 saturated heterocycles. The predicted octanol–water partition coefficient (Wildman–Crippen LogP) is 5.89. The zero-order valence-electron chi connectivity index (χ0n) is 19.9. The normalized spacial score (nSPS) is 31.0. The van der Waals surface area contributed by atoms with Crippen molar-refractivity contribution < 1.29 is 9.53 Å². The summed E-state index contributed by atoms with van der Waals surface area (Å²) >= 11 is 0. The summed E-state index contributed by atoms with van der Waals surface area (Å²) in [6, 6.07) is 10.6. The highest BCUT2D eigenvalue weighted by Gasteiger charge is 2.53. The van der Waals surface area contributed by atoms with Crippen molar-refractivity contribution in [3.8, 4) is 5.88 Å². The maximum atomic E-state index is 13.1. The Balaban J connectivity index is 1.18. The number of rotatable bonds is 5. The van der Waals surface area contributed by atoms with Gasteiger partial charge in [-0.1, -0.05) is 36.8 Å². The zero-order chi connectivity index (χ0) is 22.4. The molecule has 5 nitrogen and oxygen atoms in total. The van der Waals surface area contributed by atoms with Crippen LogP contribution in [0.1, 0.15) is 81.5 Å². The number of aromatic nitrogens is 2. The zero-order valence-corrected chi connectivity index (χ0v) is 19.9. The van der Waals surface area contributed by atoms with Gasteiger partial charge in [0.1, 0.15) is 0 Å². The van der Waals surface area contributed by atoms with Crippen molar-refractivity contribution in [3.05, 3.63) is 47.2 Å². The molecular weight excluding hydrogens is 410 g/mol. The maximum absolute atomic E-state index is 13.1. The van der Waals surface area contributed by atoms with Crippen molar-refractivity contribution in [1.82, 2.24) is 15.1 Å². The van der Waals surface area contributed by atoms with Crippen LogP contribution in [0.3, 0.4) is 0 Å². The summed E-state index contributed by atoms with van der Waals surface area (Å²) in [5.41, 5.74) is 3.88. The number of benzene rings is 1. The number of hydrogen-bond acceptors (Lipinski definition) is 3. The van der Waals surface area contributed by atoms with Crippen LogP contribution in [0.25, 0.3) is 0 Å². The van der Waals surface area contributed by atoms with E-state index in [1.807, 2.05) is 6.07 Å². The van der Waals surface area contributed by atoms with Crippen molar-refractivity contribution in [3.63, 3.8) is 0 Å². The molecule has 1 atom stereocenters. The lowest BCUT2D eigenvalue weighted by Gasteiger charge is -2.58. The summed E-state index contributed by atoms with van der Waals surface area (Å²) in [7, 11) is 0. The van der Waals surface area contributed by atoms with Gasteiger partial charge in [-0.15, -0.1) is 5.10 Å². The SMILES string of the molecule is CC(NC(=O)Oc1nn(Cc2ccccc2)c2c1CCCCC2)C12CC3CC(CC(C3)C1)C2. The number of nitrogens with zero attached hydrogens (tertiary/aromatic N) is 2. The summed E-state index contributed by atoms with van der Waals surface area (Å²) in [6.45, 7) is 2.93. The van der Waals surface area contributed by atoms with E-state index in [1.165, 1.54) is 62.6 Å². The minimum Gasteiger partial charge on any atom is -0.389 e. The number of fused-ring (bicyclic) bond motifs is 1. The second-order valence-electron chi connectivity index (χ2n) is 11.5. The minimum atomic E-state index is -0.324. The third-order valence-corrected chi connectivity index (χ3v) is 9.17. The fraction of sp³-hybridized carbons (Fsp3) is 0.643. The lowest BCUT2D eigenvalue weighted by atomic mass is 9.48. The van der Waals surface area contributed by atoms with E-state index in [9.17, 15) is 4.79 Å². The summed E-state index contributed by atoms with van der Waals surface area (Å²) in [5, 5.41) is 8.06. The van der Waals surface area contributed by atoms with Gasteiger partial charge in [-0.25, -0.2) is 4.79 Å². The van der Waals surface area contributed by atoms with Gasteiger partial charge in [0, 0.05) is 17.3 Å². The molecule has 1 unspecified atom stereocenters. The van der Waals surface area contributed by atoms with Crippen molar-refractivity contribution >= 4 is 6.09 Å². The Kier molecular flexibility index (Phi) is 5.46. The van der Waals surface area contributed by atoms with Gasteiger partial charge in [0.2, 0.25) is 5.88 Å². The summed E-state index contributed by atoms with van der Waals surface area (Å²) in [6.07, 6.45) is 13.2. The Morgan fingerprint density at radius 2 is 1.73 bits per heavy atom. The van der Waals surface area contributed by atoms with Crippen LogP contribution in [-0.4, -0.2) is 21.9 Å². The molecule has 4 bridgehead atoms. The Hall–Kier alpha value is -2.30. The second kappa shape index (κ2) is 8.48. The van der Waals surface area contributed by atoms with E-state index in [1.54, 1.807) is 0 Å². The van der Waals surface area contributed by atoms with E-state index in [0.717, 1.165) is 49.1 Å². The largest absolute Gasteiger partial charge is 0.414 e. The first-order valence-corrected chi connectivity index (χ1v) is 13.2. The molecule has 2 aromatic rings. The molecule has 1 heterocycles. The van der Waals surface area contributed by atoms with E-state index < -0.39 is 0 Å². The molecule has 5 heteroatoms. The van der Waals surface area contributed by atoms with E-state index in [4.69, 9.17) is 9.84 Å². The Morgan fingerprint density at radius 1 is 1.06 bits per heavy atom. The molecule has 7 rings (SSSR count). The van der Waals surface area contributed by atoms with E-state index >= 15 is 0 Å². The molecular formula is C28H37N3O2. The molecule has 4 fully saturated rings. The average Bonchev–Trinajstić information content (AvgIpc) is 2.95. The molecule has 0 spiro atoms. The molecule has 1 amide bonds. The van der Waals surface area contributed by atoms with Crippen molar-refractivity contribution in [2.45, 2.75) is 90.1 Å². The summed E-state index contributed by atoms with van der Waals surface area (Å²) in [5.74, 6) is 3.15. The van der Waals surface area contributed by atoms with Crippen LogP contribution in [0, 0.1) is 23.2 Å². The number of nitrogens with one attached hydrogen (secondary N) is 1. The minimum absolute atomic E-state index is 0.156. The van der Waals surface area contributed by atoms with Gasteiger partial charge in [-0.2, -0.15) is 0 Å². The van der Waals surface area contributed by atoms with Crippen LogP contribution in [0.2, 0.25) is 0 Å². The molecule has 5 aliphatic rings. The van der Waals surface area contributed by atoms with Gasteiger partial charge in [0.25, 0.3) is 0 Å². The number of carbonyl (C=O) groups is 1. The quantitative estimate of drug-likeness (QED) is 0.581. The maximum Gasteiger partial charge on any atom is 0.414 e. The summed E-state index contributed by atoms with van der Waals surface area (Å²) in [4.78, 5) is 13.1. The monoisotopic (exact) mass is 447 g/mol. The van der Waals surface area contributed by atoms with E-state index in [2.05, 4.69) is 41.2 Å². The van der Waals surface area contributed by atoms with E-state index in [0.29, 0.717) is 5.88 Å². The third-order valence-electron chi connectivity index (χ3n) is 9.17. The summed E-state index contributed by atoms with van der Waals surface area (Å²) < 4.78 is 8.01. The Bertz CT molecular complexity index is 976. The van der Waals surface area contributed by atoms with Gasteiger partial charge < -0.3 is 10.1 Å². The number of amides is 1. The van der Waals surface area contributed by atoms with Crippen LogP contribution >= 0.6 is 0 Å². The average molecular weight is 448 g/mol. The number of hydrogen-bond donors (Lipinski definition) is 1. The molecule has 5 aliphatic carbocycles. The van der Waals surface area contributed by atoms with Gasteiger partial charge in [0.15, 0.2) is 0 Å². The second-order valence-corrected chi connectivity index (χ2v) is 11.5. The first-order valence-electron chi connectivity index (χ1n) is 13.2. The standard InChI is InChI=1S/C28H37N3O2/c1-19(28-15-21-12-22(16-28)14-23(13-21)17-28)29-27(32)33-26-24-10-6-3-7-11-25(24)31(30-26)18-20-8-4-2-5-9-20/h2,4-5,8-9,19,21-23H,3,6-7,10-18H2,1H3,(H,29,32). The van der Waals surface area contributed by atoms with Crippen LogP contribution in [0.4, 0.5) is 4.79 Å². The van der Waals surface area contributed by atoms with Crippen LogP contribution < -0.4 is 10.1 Å². The van der Waals surface area contributed by atoms with Crippen molar-refractivity contribution in [2.24, 2.45) is 23.2 Å². The van der Waals surface area contributed by atoms with Crippen LogP contribution in [-0.2, 0) is 19.4 Å². The molecule has 1 aromatic carbocycles. The van der Waals surface area contributed by atoms with Crippen molar-refractivity contribution in [1.29, 1.82) is 0 Å². The molecule has 1 aromatic heterocycles. The molecule has 176 valence electrons. The van der Waals surface area contributed by atoms with E-state index in [-0.39, 0.29) is 17.6 Å². The first kappa shape index (κ1) is 21.2. The van der Waals surface area contributed by atoms with Gasteiger partial charge in [0.05, 0.1) is 6.54 Å². The highest BCUT2D eigenvalue weighted by molar-refractivity contribution is 5.70. The topological polar surface area (TPSA) is 56.1 Å². The lowest BCUT2D eigenvalue weighted by molar-refractivity contribution is -0.0689. The molecule has 0 aliphatic heterocycles. The molecule has 4 saturated carbocycles. The van der Waals surface area contributed by atoms with Gasteiger partial charge >= 0.3 is 6.09 Å².